The van der Waals surface area contributed by atoms with E-state index in [-0.39, 0.29) is 0 Å². The fraction of sp³-hybridized carbons (Fsp3) is 0.667. The molecule has 0 aliphatic carbocycles. The van der Waals surface area contributed by atoms with Gasteiger partial charge in [0.25, 0.3) is 0 Å². The van der Waals surface area contributed by atoms with E-state index in [1.165, 1.54) is 0 Å². The van der Waals surface area contributed by atoms with Crippen LogP contribution in [0.3, 0.4) is 0 Å². The molecule has 2 rings (SSSR count). The average Bonchev–Trinajstić information content (AvgIpc) is 2.73. The summed E-state index contributed by atoms with van der Waals surface area (Å²) >= 11 is 1.76. The van der Waals surface area contributed by atoms with E-state index < -0.39 is 5.60 Å². The molecule has 0 radical (unpaired) electrons. The Kier molecular flexibility index (Phi) is 2.45. The molecule has 4 nitrogen and oxygen atoms in total. The molecule has 5 heteroatoms. The van der Waals surface area contributed by atoms with Crippen molar-refractivity contribution < 1.29 is 9.84 Å². The van der Waals surface area contributed by atoms with E-state index in [2.05, 4.69) is 5.10 Å². The number of ether oxygens (including phenoxy) is 1. The molecule has 14 heavy (non-hydrogen) atoms. The molecule has 1 unspecified atom stereocenters. The second-order valence-corrected chi connectivity index (χ2v) is 4.62. The summed E-state index contributed by atoms with van der Waals surface area (Å²) in [7, 11) is 3.44. The van der Waals surface area contributed by atoms with Crippen LogP contribution in [0.4, 0.5) is 0 Å². The molecule has 1 aliphatic heterocycles. The summed E-state index contributed by atoms with van der Waals surface area (Å²) in [4.78, 5) is 0. The summed E-state index contributed by atoms with van der Waals surface area (Å²) in [6, 6.07) is 0. The smallest absolute Gasteiger partial charge is 0.162 e. The summed E-state index contributed by atoms with van der Waals surface area (Å²) in [6.45, 7) is 0. The number of thioether (sulfide) groups is 1. The van der Waals surface area contributed by atoms with Gasteiger partial charge in [-0.15, -0.1) is 0 Å². The van der Waals surface area contributed by atoms with Crippen LogP contribution in [-0.4, -0.2) is 33.5 Å². The van der Waals surface area contributed by atoms with Crippen LogP contribution in [0.2, 0.25) is 0 Å². The van der Waals surface area contributed by atoms with Crippen molar-refractivity contribution >= 4 is 11.8 Å². The van der Waals surface area contributed by atoms with Gasteiger partial charge in [-0.1, -0.05) is 0 Å². The molecule has 1 atom stereocenters. The minimum atomic E-state index is -0.763. The first-order valence-corrected chi connectivity index (χ1v) is 5.69. The Morgan fingerprint density at radius 2 is 2.50 bits per heavy atom. The number of aliphatic hydroxyl groups is 1. The predicted molar refractivity (Wildman–Crippen MR) is 55.6 cm³/mol. The second-order valence-electron chi connectivity index (χ2n) is 3.52. The standard InChI is InChI=1S/C9H14N2O2S/c1-11-8(7(13-2)5-10-11)9(12)3-4-14-6-9/h5,12H,3-4,6H2,1-2H3. The lowest BCUT2D eigenvalue weighted by molar-refractivity contribution is 0.0543. The highest BCUT2D eigenvalue weighted by Gasteiger charge is 2.38. The third-order valence-electron chi connectivity index (χ3n) is 2.57. The highest BCUT2D eigenvalue weighted by molar-refractivity contribution is 7.99. The Labute approximate surface area is 87.3 Å². The molecule has 0 amide bonds. The molecule has 1 fully saturated rings. The Bertz CT molecular complexity index is 332. The van der Waals surface area contributed by atoms with E-state index in [0.29, 0.717) is 5.75 Å². The van der Waals surface area contributed by atoms with Crippen molar-refractivity contribution in [3.05, 3.63) is 11.9 Å². The van der Waals surface area contributed by atoms with Crippen LogP contribution >= 0.6 is 11.8 Å². The maximum absolute atomic E-state index is 10.4. The molecule has 0 aromatic carbocycles. The van der Waals surface area contributed by atoms with Gasteiger partial charge in [-0.05, 0) is 12.2 Å². The Morgan fingerprint density at radius 3 is 3.07 bits per heavy atom. The topological polar surface area (TPSA) is 47.3 Å². The van der Waals surface area contributed by atoms with Gasteiger partial charge in [0.1, 0.15) is 11.3 Å². The molecule has 0 bridgehead atoms. The van der Waals surface area contributed by atoms with Gasteiger partial charge in [0.2, 0.25) is 0 Å². The normalized spacial score (nSPS) is 26.8. The fourth-order valence-corrected chi connectivity index (χ4v) is 3.08. The molecule has 78 valence electrons. The summed E-state index contributed by atoms with van der Waals surface area (Å²) in [5, 5.41) is 14.5. The van der Waals surface area contributed by atoms with Gasteiger partial charge in [0, 0.05) is 12.8 Å². The van der Waals surface area contributed by atoms with Crippen LogP contribution in [0.5, 0.6) is 5.75 Å². The zero-order valence-corrected chi connectivity index (χ0v) is 9.17. The minimum absolute atomic E-state index is 0.678. The van der Waals surface area contributed by atoms with Gasteiger partial charge in [-0.25, -0.2) is 0 Å². The minimum Gasteiger partial charge on any atom is -0.493 e. The molecule has 1 N–H and O–H groups in total. The molecule has 1 aromatic heterocycles. The van der Waals surface area contributed by atoms with Crippen LogP contribution in [0.25, 0.3) is 0 Å². The molecule has 0 saturated carbocycles. The quantitative estimate of drug-likeness (QED) is 0.789. The molecule has 1 saturated heterocycles. The molecule has 1 aromatic rings. The number of aryl methyl sites for hydroxylation is 1. The van der Waals surface area contributed by atoms with E-state index in [1.54, 1.807) is 29.8 Å². The lowest BCUT2D eigenvalue weighted by atomic mass is 9.98. The van der Waals surface area contributed by atoms with E-state index in [4.69, 9.17) is 4.74 Å². The van der Waals surface area contributed by atoms with Gasteiger partial charge >= 0.3 is 0 Å². The third-order valence-corrected chi connectivity index (χ3v) is 3.74. The van der Waals surface area contributed by atoms with Crippen molar-refractivity contribution in [2.75, 3.05) is 18.6 Å². The summed E-state index contributed by atoms with van der Waals surface area (Å²) in [5.41, 5.74) is 0.0337. The maximum atomic E-state index is 10.4. The van der Waals surface area contributed by atoms with E-state index >= 15 is 0 Å². The van der Waals surface area contributed by atoms with Crippen molar-refractivity contribution in [1.29, 1.82) is 0 Å². The van der Waals surface area contributed by atoms with Crippen LogP contribution in [-0.2, 0) is 12.6 Å². The van der Waals surface area contributed by atoms with Crippen molar-refractivity contribution in [1.82, 2.24) is 9.78 Å². The maximum Gasteiger partial charge on any atom is 0.162 e. The first kappa shape index (κ1) is 9.86. The molecule has 0 spiro atoms. The Morgan fingerprint density at radius 1 is 1.71 bits per heavy atom. The number of nitrogens with zero attached hydrogens (tertiary/aromatic N) is 2. The van der Waals surface area contributed by atoms with Crippen molar-refractivity contribution in [3.63, 3.8) is 0 Å². The highest BCUT2D eigenvalue weighted by Crippen LogP contribution is 2.40. The van der Waals surface area contributed by atoms with Crippen LogP contribution in [0, 0.1) is 0 Å². The number of aromatic nitrogens is 2. The second kappa shape index (κ2) is 3.47. The van der Waals surface area contributed by atoms with Crippen LogP contribution in [0.15, 0.2) is 6.20 Å². The summed E-state index contributed by atoms with van der Waals surface area (Å²) in [5.74, 6) is 2.39. The van der Waals surface area contributed by atoms with Crippen molar-refractivity contribution in [2.45, 2.75) is 12.0 Å². The van der Waals surface area contributed by atoms with E-state index in [0.717, 1.165) is 23.6 Å². The Balaban J connectivity index is 2.42. The average molecular weight is 214 g/mol. The SMILES string of the molecule is COc1cnn(C)c1C1(O)CCSC1. The first-order valence-electron chi connectivity index (χ1n) is 4.54. The molecule has 2 heterocycles. The zero-order valence-electron chi connectivity index (χ0n) is 8.36. The van der Waals surface area contributed by atoms with E-state index in [9.17, 15) is 5.11 Å². The number of rotatable bonds is 2. The molecule has 1 aliphatic rings. The lowest BCUT2D eigenvalue weighted by Crippen LogP contribution is -2.28. The number of methoxy groups -OCH3 is 1. The van der Waals surface area contributed by atoms with Gasteiger partial charge < -0.3 is 9.84 Å². The summed E-state index contributed by atoms with van der Waals surface area (Å²) < 4.78 is 6.89. The predicted octanol–water partition coefficient (Wildman–Crippen LogP) is 0.753. The highest BCUT2D eigenvalue weighted by atomic mass is 32.2. The molecular formula is C9H14N2O2S. The largest absolute Gasteiger partial charge is 0.493 e. The van der Waals surface area contributed by atoms with Gasteiger partial charge in [-0.2, -0.15) is 16.9 Å². The monoisotopic (exact) mass is 214 g/mol. The van der Waals surface area contributed by atoms with Crippen molar-refractivity contribution in [3.8, 4) is 5.75 Å². The van der Waals surface area contributed by atoms with Gasteiger partial charge in [0.15, 0.2) is 5.75 Å². The van der Waals surface area contributed by atoms with Crippen LogP contribution in [0.1, 0.15) is 12.1 Å². The number of hydrogen-bond acceptors (Lipinski definition) is 4. The van der Waals surface area contributed by atoms with Gasteiger partial charge in [0.05, 0.1) is 13.3 Å². The third kappa shape index (κ3) is 1.40. The Hall–Kier alpha value is -0.680. The fourth-order valence-electron chi connectivity index (χ4n) is 1.84. The summed E-state index contributed by atoms with van der Waals surface area (Å²) in [6.07, 6.45) is 2.42. The molecular weight excluding hydrogens is 200 g/mol. The number of hydrogen-bond donors (Lipinski definition) is 1. The van der Waals surface area contributed by atoms with E-state index in [1.807, 2.05) is 7.05 Å². The van der Waals surface area contributed by atoms with Crippen molar-refractivity contribution in [2.24, 2.45) is 7.05 Å². The lowest BCUT2D eigenvalue weighted by Gasteiger charge is -2.22. The van der Waals surface area contributed by atoms with Gasteiger partial charge in [-0.3, -0.25) is 4.68 Å². The first-order chi connectivity index (χ1) is 6.67. The van der Waals surface area contributed by atoms with Crippen LogP contribution < -0.4 is 4.74 Å². The zero-order chi connectivity index (χ0) is 10.2.